The number of nitrogens with two attached hydrogens (primary N) is 1. The fraction of sp³-hybridized carbons (Fsp3) is 0.200. The summed E-state index contributed by atoms with van der Waals surface area (Å²) < 4.78 is 36.9. The predicted molar refractivity (Wildman–Crippen MR) is 87.5 cm³/mol. The summed E-state index contributed by atoms with van der Waals surface area (Å²) in [5, 5.41) is 18.7. The molecule has 2 aromatic carbocycles. The van der Waals surface area contributed by atoms with Gasteiger partial charge in [-0.3, -0.25) is 10.1 Å². The van der Waals surface area contributed by atoms with Crippen molar-refractivity contribution in [2.24, 2.45) is 5.14 Å². The molecule has 128 valence electrons. The van der Waals surface area contributed by atoms with Crippen LogP contribution in [0.1, 0.15) is 24.9 Å². The largest absolute Gasteiger partial charge is 0.376 e. The summed E-state index contributed by atoms with van der Waals surface area (Å²) in [7, 11) is -3.84. The standard InChI is InChI=1S/C15H16FN3O4S/c1-2-14(10-4-3-5-12(8-10)24(17,22)23)18-15-7-6-11(19(20)21)9-13(15)16/h3-9,14,18H,2H2,1H3,(H2,17,22,23). The number of sulfonamides is 1. The number of hydrogen-bond donors (Lipinski definition) is 2. The van der Waals surface area contributed by atoms with Crippen LogP contribution in [0.5, 0.6) is 0 Å². The monoisotopic (exact) mass is 353 g/mol. The second-order valence-corrected chi connectivity index (χ2v) is 6.71. The molecule has 9 heteroatoms. The predicted octanol–water partition coefficient (Wildman–Crippen LogP) is 2.94. The van der Waals surface area contributed by atoms with Gasteiger partial charge in [0.15, 0.2) is 5.82 Å². The minimum atomic E-state index is -3.84. The van der Waals surface area contributed by atoms with Crippen LogP contribution in [-0.4, -0.2) is 13.3 Å². The number of non-ortho nitro benzene ring substituents is 1. The van der Waals surface area contributed by atoms with E-state index in [2.05, 4.69) is 5.32 Å². The van der Waals surface area contributed by atoms with Crippen LogP contribution >= 0.6 is 0 Å². The third kappa shape index (κ3) is 4.06. The molecule has 2 aromatic rings. The number of anilines is 1. The zero-order valence-corrected chi connectivity index (χ0v) is 13.6. The number of nitrogens with zero attached hydrogens (tertiary/aromatic N) is 1. The molecule has 0 fully saturated rings. The summed E-state index contributed by atoms with van der Waals surface area (Å²) in [5.41, 5.74) is 0.359. The van der Waals surface area contributed by atoms with Gasteiger partial charge in [-0.15, -0.1) is 0 Å². The summed E-state index contributed by atoms with van der Waals surface area (Å²) in [4.78, 5) is 9.93. The van der Waals surface area contributed by atoms with Crippen molar-refractivity contribution in [1.29, 1.82) is 0 Å². The van der Waals surface area contributed by atoms with Gasteiger partial charge in [-0.05, 0) is 30.2 Å². The molecule has 0 saturated carbocycles. The Labute approximate surface area is 138 Å². The highest BCUT2D eigenvalue weighted by Crippen LogP contribution is 2.27. The first-order valence-electron chi connectivity index (χ1n) is 7.05. The SMILES string of the molecule is CCC(Nc1ccc([N+](=O)[O-])cc1F)c1cccc(S(N)(=O)=O)c1. The molecule has 0 spiro atoms. The van der Waals surface area contributed by atoms with Crippen molar-refractivity contribution < 1.29 is 17.7 Å². The van der Waals surface area contributed by atoms with Gasteiger partial charge < -0.3 is 5.32 Å². The Morgan fingerprint density at radius 1 is 1.29 bits per heavy atom. The molecule has 0 bridgehead atoms. The van der Waals surface area contributed by atoms with Gasteiger partial charge in [0.2, 0.25) is 10.0 Å². The Bertz CT molecular complexity index is 871. The van der Waals surface area contributed by atoms with Gasteiger partial charge in [0.1, 0.15) is 0 Å². The van der Waals surface area contributed by atoms with E-state index in [1.165, 1.54) is 24.3 Å². The lowest BCUT2D eigenvalue weighted by molar-refractivity contribution is -0.385. The van der Waals surface area contributed by atoms with Crippen molar-refractivity contribution in [2.45, 2.75) is 24.3 Å². The Kier molecular flexibility index (Phi) is 5.15. The molecule has 1 atom stereocenters. The Morgan fingerprint density at radius 3 is 2.54 bits per heavy atom. The molecule has 0 aliphatic heterocycles. The quantitative estimate of drug-likeness (QED) is 0.612. The molecular formula is C15H16FN3O4S. The Hall–Kier alpha value is -2.52. The fourth-order valence-electron chi connectivity index (χ4n) is 2.25. The van der Waals surface area contributed by atoms with Crippen LogP contribution in [0.15, 0.2) is 47.4 Å². The van der Waals surface area contributed by atoms with Gasteiger partial charge in [-0.25, -0.2) is 17.9 Å². The number of nitro benzene ring substituents is 1. The fourth-order valence-corrected chi connectivity index (χ4v) is 2.82. The van der Waals surface area contributed by atoms with E-state index >= 15 is 0 Å². The van der Waals surface area contributed by atoms with Crippen LogP contribution in [0.4, 0.5) is 15.8 Å². The smallest absolute Gasteiger partial charge is 0.272 e. The molecule has 0 radical (unpaired) electrons. The van der Waals surface area contributed by atoms with E-state index in [0.717, 1.165) is 6.07 Å². The third-order valence-corrected chi connectivity index (χ3v) is 4.40. The molecule has 7 nitrogen and oxygen atoms in total. The van der Waals surface area contributed by atoms with E-state index in [9.17, 15) is 22.9 Å². The maximum atomic E-state index is 14.0. The van der Waals surface area contributed by atoms with Gasteiger partial charge in [0.05, 0.1) is 27.6 Å². The van der Waals surface area contributed by atoms with Crippen LogP contribution in [0.2, 0.25) is 0 Å². The average molecular weight is 353 g/mol. The molecular weight excluding hydrogens is 337 g/mol. The lowest BCUT2D eigenvalue weighted by Gasteiger charge is -2.19. The molecule has 0 amide bonds. The number of hydrogen-bond acceptors (Lipinski definition) is 5. The second-order valence-electron chi connectivity index (χ2n) is 5.14. The number of primary sulfonamides is 1. The highest BCUT2D eigenvalue weighted by Gasteiger charge is 2.16. The van der Waals surface area contributed by atoms with E-state index in [0.29, 0.717) is 12.0 Å². The minimum Gasteiger partial charge on any atom is -0.376 e. The topological polar surface area (TPSA) is 115 Å². The molecule has 2 rings (SSSR count). The van der Waals surface area contributed by atoms with Crippen molar-refractivity contribution in [3.8, 4) is 0 Å². The van der Waals surface area contributed by atoms with E-state index in [4.69, 9.17) is 5.14 Å². The van der Waals surface area contributed by atoms with Crippen molar-refractivity contribution in [3.63, 3.8) is 0 Å². The summed E-state index contributed by atoms with van der Waals surface area (Å²) in [6.45, 7) is 1.84. The maximum absolute atomic E-state index is 14.0. The first kappa shape index (κ1) is 17.8. The zero-order valence-electron chi connectivity index (χ0n) is 12.8. The van der Waals surface area contributed by atoms with Gasteiger partial charge in [-0.2, -0.15) is 0 Å². The van der Waals surface area contributed by atoms with E-state index in [1.54, 1.807) is 12.1 Å². The van der Waals surface area contributed by atoms with Crippen LogP contribution in [0, 0.1) is 15.9 Å². The first-order chi connectivity index (χ1) is 11.2. The van der Waals surface area contributed by atoms with Gasteiger partial charge in [0, 0.05) is 6.07 Å². The van der Waals surface area contributed by atoms with Crippen LogP contribution in [0.25, 0.3) is 0 Å². The molecule has 0 aromatic heterocycles. The van der Waals surface area contributed by atoms with Crippen molar-refractivity contribution in [2.75, 3.05) is 5.32 Å². The molecule has 24 heavy (non-hydrogen) atoms. The van der Waals surface area contributed by atoms with E-state index < -0.39 is 20.8 Å². The van der Waals surface area contributed by atoms with E-state index in [-0.39, 0.29) is 22.3 Å². The number of nitro groups is 1. The molecule has 0 aliphatic carbocycles. The van der Waals surface area contributed by atoms with E-state index in [1.807, 2.05) is 6.92 Å². The second kappa shape index (κ2) is 6.93. The number of nitrogens with one attached hydrogen (secondary N) is 1. The Morgan fingerprint density at radius 2 is 2.00 bits per heavy atom. The minimum absolute atomic E-state index is 0.0376. The van der Waals surface area contributed by atoms with Gasteiger partial charge in [0.25, 0.3) is 5.69 Å². The zero-order chi connectivity index (χ0) is 17.9. The number of rotatable bonds is 6. The summed E-state index contributed by atoms with van der Waals surface area (Å²) in [6, 6.07) is 8.94. The molecule has 0 saturated heterocycles. The third-order valence-electron chi connectivity index (χ3n) is 3.49. The first-order valence-corrected chi connectivity index (χ1v) is 8.60. The van der Waals surface area contributed by atoms with Crippen LogP contribution < -0.4 is 10.5 Å². The lowest BCUT2D eigenvalue weighted by Crippen LogP contribution is -2.15. The maximum Gasteiger partial charge on any atom is 0.272 e. The molecule has 1 unspecified atom stereocenters. The van der Waals surface area contributed by atoms with Crippen molar-refractivity contribution in [3.05, 3.63) is 64.0 Å². The molecule has 0 aliphatic rings. The number of benzene rings is 2. The molecule has 3 N–H and O–H groups in total. The number of halogens is 1. The van der Waals surface area contributed by atoms with Crippen molar-refractivity contribution >= 4 is 21.4 Å². The van der Waals surface area contributed by atoms with Crippen LogP contribution in [-0.2, 0) is 10.0 Å². The summed E-state index contributed by atoms with van der Waals surface area (Å²) in [5.74, 6) is -0.759. The van der Waals surface area contributed by atoms with Gasteiger partial charge in [-0.1, -0.05) is 19.1 Å². The van der Waals surface area contributed by atoms with Crippen molar-refractivity contribution in [1.82, 2.24) is 0 Å². The Balaban J connectivity index is 2.32. The summed E-state index contributed by atoms with van der Waals surface area (Å²) >= 11 is 0. The highest BCUT2D eigenvalue weighted by molar-refractivity contribution is 7.89. The molecule has 0 heterocycles. The normalized spacial score (nSPS) is 12.6. The highest BCUT2D eigenvalue weighted by atomic mass is 32.2. The summed E-state index contributed by atoms with van der Waals surface area (Å²) in [6.07, 6.45) is 0.532. The van der Waals surface area contributed by atoms with Gasteiger partial charge >= 0.3 is 0 Å². The lowest BCUT2D eigenvalue weighted by atomic mass is 10.0. The average Bonchev–Trinajstić information content (AvgIpc) is 2.53. The van der Waals surface area contributed by atoms with Crippen LogP contribution in [0.3, 0.4) is 0 Å².